The monoisotopic (exact) mass is 326 g/mol. The lowest BCUT2D eigenvalue weighted by atomic mass is 9.98. The number of aromatic hydroxyl groups is 4. The van der Waals surface area contributed by atoms with Crippen LogP contribution in [-0.2, 0) is 25.7 Å². The number of phenolic OH excluding ortho intramolecular Hbond substituents is 4. The summed E-state index contributed by atoms with van der Waals surface area (Å²) in [7, 11) is 0. The van der Waals surface area contributed by atoms with Gasteiger partial charge < -0.3 is 20.4 Å². The molecule has 2 aromatic rings. The normalized spacial score (nSPS) is 10.5. The van der Waals surface area contributed by atoms with Crippen molar-refractivity contribution in [3.8, 4) is 23.0 Å². The first-order chi connectivity index (χ1) is 11.5. The van der Waals surface area contributed by atoms with E-state index in [1.165, 1.54) is 0 Å². The molecule has 0 heterocycles. The van der Waals surface area contributed by atoms with Gasteiger partial charge in [0, 0.05) is 11.1 Å². The fourth-order valence-electron chi connectivity index (χ4n) is 2.68. The molecular weight excluding hydrogens is 304 g/mol. The summed E-state index contributed by atoms with van der Waals surface area (Å²) < 4.78 is 0. The van der Waals surface area contributed by atoms with E-state index in [1.54, 1.807) is 36.4 Å². The van der Waals surface area contributed by atoms with Crippen LogP contribution in [0, 0.1) is 0 Å². The first kappa shape index (κ1) is 17.5. The van der Waals surface area contributed by atoms with Crippen molar-refractivity contribution in [2.24, 2.45) is 0 Å². The number of allylic oxidation sites excluding steroid dienone is 2. The van der Waals surface area contributed by atoms with Crippen molar-refractivity contribution < 1.29 is 20.4 Å². The first-order valence-electron chi connectivity index (χ1n) is 7.75. The summed E-state index contributed by atoms with van der Waals surface area (Å²) in [4.78, 5) is 0. The van der Waals surface area contributed by atoms with Gasteiger partial charge in [-0.3, -0.25) is 0 Å². The van der Waals surface area contributed by atoms with Crippen molar-refractivity contribution in [3.63, 3.8) is 0 Å². The zero-order valence-electron chi connectivity index (χ0n) is 13.5. The van der Waals surface area contributed by atoms with Crippen LogP contribution in [0.25, 0.3) is 0 Å². The maximum atomic E-state index is 9.99. The van der Waals surface area contributed by atoms with Crippen molar-refractivity contribution in [1.29, 1.82) is 0 Å². The average molecular weight is 326 g/mol. The van der Waals surface area contributed by atoms with Gasteiger partial charge in [0.15, 0.2) is 0 Å². The van der Waals surface area contributed by atoms with Crippen LogP contribution in [0.15, 0.2) is 49.6 Å². The van der Waals surface area contributed by atoms with Crippen LogP contribution in [0.1, 0.15) is 22.3 Å². The molecule has 0 fully saturated rings. The number of rotatable bonds is 7. The number of hydrogen-bond acceptors (Lipinski definition) is 4. The lowest BCUT2D eigenvalue weighted by Gasteiger charge is -2.11. The smallest absolute Gasteiger partial charge is 0.123 e. The minimum absolute atomic E-state index is 0.0388. The Bertz CT molecular complexity index is 651. The molecule has 0 amide bonds. The van der Waals surface area contributed by atoms with E-state index >= 15 is 0 Å². The van der Waals surface area contributed by atoms with Crippen LogP contribution in [0.2, 0.25) is 0 Å². The number of phenols is 4. The molecule has 0 aliphatic heterocycles. The van der Waals surface area contributed by atoms with E-state index in [0.29, 0.717) is 36.8 Å². The Morgan fingerprint density at radius 2 is 0.917 bits per heavy atom. The predicted octanol–water partition coefficient (Wildman–Crippen LogP) is 3.75. The van der Waals surface area contributed by atoms with E-state index in [1.807, 2.05) is 0 Å². The topological polar surface area (TPSA) is 80.9 Å². The molecule has 0 saturated carbocycles. The lowest BCUT2D eigenvalue weighted by Crippen LogP contribution is -1.95. The standard InChI is InChI=1S/C20H22O4/c1-3-5-15-17(21)9-13(10-18(15)22)7-8-14-11-19(23)16(6-4-2)20(24)12-14/h3-4,9-12,21-24H,1-2,5-8H2. The Morgan fingerprint density at radius 1 is 0.625 bits per heavy atom. The largest absolute Gasteiger partial charge is 0.508 e. The third kappa shape index (κ3) is 3.90. The zero-order chi connectivity index (χ0) is 17.7. The molecule has 0 bridgehead atoms. The molecule has 24 heavy (non-hydrogen) atoms. The zero-order valence-corrected chi connectivity index (χ0v) is 13.5. The summed E-state index contributed by atoms with van der Waals surface area (Å²) in [6.07, 6.45) is 5.12. The molecule has 0 aliphatic carbocycles. The fourth-order valence-corrected chi connectivity index (χ4v) is 2.68. The minimum atomic E-state index is 0.0388. The SMILES string of the molecule is C=CCc1c(O)cc(CCc2cc(O)c(CC=C)c(O)c2)cc1O. The summed E-state index contributed by atoms with van der Waals surface area (Å²) in [6.45, 7) is 7.20. The summed E-state index contributed by atoms with van der Waals surface area (Å²) >= 11 is 0. The molecule has 0 aliphatic rings. The van der Waals surface area contributed by atoms with Gasteiger partial charge in [-0.15, -0.1) is 13.2 Å². The number of benzene rings is 2. The lowest BCUT2D eigenvalue weighted by molar-refractivity contribution is 0.437. The molecule has 0 saturated heterocycles. The third-order valence-electron chi connectivity index (χ3n) is 3.92. The predicted molar refractivity (Wildman–Crippen MR) is 94.8 cm³/mol. The van der Waals surface area contributed by atoms with Crippen molar-refractivity contribution in [2.45, 2.75) is 25.7 Å². The fraction of sp³-hybridized carbons (Fsp3) is 0.200. The van der Waals surface area contributed by atoms with Crippen molar-refractivity contribution in [2.75, 3.05) is 0 Å². The van der Waals surface area contributed by atoms with Gasteiger partial charge in [0.2, 0.25) is 0 Å². The third-order valence-corrected chi connectivity index (χ3v) is 3.92. The molecule has 4 heteroatoms. The van der Waals surface area contributed by atoms with Gasteiger partial charge in [-0.1, -0.05) is 12.2 Å². The quantitative estimate of drug-likeness (QED) is 0.584. The molecule has 0 unspecified atom stereocenters. The second-order valence-corrected chi connectivity index (χ2v) is 5.71. The highest BCUT2D eigenvalue weighted by molar-refractivity contribution is 5.49. The van der Waals surface area contributed by atoms with E-state index in [2.05, 4.69) is 13.2 Å². The highest BCUT2D eigenvalue weighted by atomic mass is 16.3. The summed E-state index contributed by atoms with van der Waals surface area (Å²) in [5, 5.41) is 39.9. The Balaban J connectivity index is 2.16. The van der Waals surface area contributed by atoms with Crippen LogP contribution < -0.4 is 0 Å². The van der Waals surface area contributed by atoms with E-state index in [9.17, 15) is 20.4 Å². The molecule has 0 radical (unpaired) electrons. The van der Waals surface area contributed by atoms with Crippen LogP contribution in [0.3, 0.4) is 0 Å². The highest BCUT2D eigenvalue weighted by Gasteiger charge is 2.11. The van der Waals surface area contributed by atoms with Gasteiger partial charge in [0.05, 0.1) is 0 Å². The maximum absolute atomic E-state index is 9.99. The Labute approximate surface area is 141 Å². The molecule has 126 valence electrons. The first-order valence-corrected chi connectivity index (χ1v) is 7.75. The van der Waals surface area contributed by atoms with Crippen molar-refractivity contribution in [3.05, 3.63) is 71.8 Å². The van der Waals surface area contributed by atoms with Crippen molar-refractivity contribution >= 4 is 0 Å². The Morgan fingerprint density at radius 3 is 1.17 bits per heavy atom. The summed E-state index contributed by atoms with van der Waals surface area (Å²) in [5.74, 6) is 0.155. The van der Waals surface area contributed by atoms with E-state index in [-0.39, 0.29) is 23.0 Å². The second kappa shape index (κ2) is 7.59. The van der Waals surface area contributed by atoms with Gasteiger partial charge in [-0.25, -0.2) is 0 Å². The number of hydrogen-bond donors (Lipinski definition) is 4. The molecule has 0 aromatic heterocycles. The Kier molecular flexibility index (Phi) is 5.53. The Hall–Kier alpha value is -2.88. The van der Waals surface area contributed by atoms with Gasteiger partial charge in [-0.2, -0.15) is 0 Å². The van der Waals surface area contributed by atoms with E-state index in [0.717, 1.165) is 11.1 Å². The summed E-state index contributed by atoms with van der Waals surface area (Å²) in [5.41, 5.74) is 2.45. The van der Waals surface area contributed by atoms with Gasteiger partial charge in [-0.05, 0) is 61.1 Å². The molecule has 0 atom stereocenters. The second-order valence-electron chi connectivity index (χ2n) is 5.71. The summed E-state index contributed by atoms with van der Waals surface area (Å²) in [6, 6.07) is 6.46. The van der Waals surface area contributed by atoms with Crippen LogP contribution in [0.4, 0.5) is 0 Å². The van der Waals surface area contributed by atoms with Crippen LogP contribution >= 0.6 is 0 Å². The van der Waals surface area contributed by atoms with Crippen LogP contribution in [-0.4, -0.2) is 20.4 Å². The highest BCUT2D eigenvalue weighted by Crippen LogP contribution is 2.32. The van der Waals surface area contributed by atoms with Gasteiger partial charge in [0.25, 0.3) is 0 Å². The van der Waals surface area contributed by atoms with E-state index in [4.69, 9.17) is 0 Å². The average Bonchev–Trinajstić information content (AvgIpc) is 2.52. The molecule has 2 aromatic carbocycles. The molecule has 2 rings (SSSR count). The minimum Gasteiger partial charge on any atom is -0.508 e. The van der Waals surface area contributed by atoms with E-state index < -0.39 is 0 Å². The van der Waals surface area contributed by atoms with Crippen LogP contribution in [0.5, 0.6) is 23.0 Å². The number of aryl methyl sites for hydroxylation is 2. The molecule has 4 nitrogen and oxygen atoms in total. The van der Waals surface area contributed by atoms with Gasteiger partial charge >= 0.3 is 0 Å². The molecule has 4 N–H and O–H groups in total. The maximum Gasteiger partial charge on any atom is 0.123 e. The van der Waals surface area contributed by atoms with Crippen molar-refractivity contribution in [1.82, 2.24) is 0 Å². The van der Waals surface area contributed by atoms with Gasteiger partial charge in [0.1, 0.15) is 23.0 Å². The molecule has 0 spiro atoms. The molecular formula is C20H22O4.